The van der Waals surface area contributed by atoms with Gasteiger partial charge in [0.15, 0.2) is 5.96 Å². The average Bonchev–Trinajstić information content (AvgIpc) is 2.77. The van der Waals surface area contributed by atoms with Gasteiger partial charge in [-0.15, -0.1) is 24.0 Å². The maximum absolute atomic E-state index is 11.2. The smallest absolute Gasteiger partial charge is 0.191 e. The number of sulfone groups is 1. The van der Waals surface area contributed by atoms with Crippen LogP contribution < -0.4 is 10.6 Å². The number of hydrogen-bond acceptors (Lipinski definition) is 4. The number of halogens is 1. The standard InChI is InChI=1S/C17H36N4O2S.HI/c1-15(2)16(21-11-7-5-6-8-12-21)14-20-17(18-3)19-10-9-13-24(4,22)23;/h15-16H,5-14H2,1-4H3,(H2,18,19,20);1H. The van der Waals surface area contributed by atoms with Gasteiger partial charge in [-0.2, -0.15) is 0 Å². The van der Waals surface area contributed by atoms with Crippen molar-refractivity contribution in [3.05, 3.63) is 0 Å². The van der Waals surface area contributed by atoms with Gasteiger partial charge in [-0.1, -0.05) is 26.7 Å². The van der Waals surface area contributed by atoms with E-state index in [2.05, 4.69) is 34.4 Å². The molecular weight excluding hydrogens is 451 g/mol. The van der Waals surface area contributed by atoms with Gasteiger partial charge in [-0.05, 0) is 38.3 Å². The largest absolute Gasteiger partial charge is 0.356 e. The molecule has 25 heavy (non-hydrogen) atoms. The van der Waals surface area contributed by atoms with Crippen LogP contribution in [-0.4, -0.2) is 70.6 Å². The second-order valence-corrected chi connectivity index (χ2v) is 9.38. The van der Waals surface area contributed by atoms with E-state index in [4.69, 9.17) is 0 Å². The second kappa shape index (κ2) is 13.1. The molecule has 1 rings (SSSR count). The zero-order valence-corrected chi connectivity index (χ0v) is 19.4. The summed E-state index contributed by atoms with van der Waals surface area (Å²) < 4.78 is 22.3. The Hall–Kier alpha value is -0.0900. The van der Waals surface area contributed by atoms with Crippen LogP contribution in [0.1, 0.15) is 46.0 Å². The predicted octanol–water partition coefficient (Wildman–Crippen LogP) is 2.10. The Bertz CT molecular complexity index is 475. The number of aliphatic imine (C=N–C) groups is 1. The Morgan fingerprint density at radius 1 is 1.12 bits per heavy atom. The lowest BCUT2D eigenvalue weighted by Gasteiger charge is -2.34. The molecular formula is C17H37IN4O2S. The van der Waals surface area contributed by atoms with Gasteiger partial charge >= 0.3 is 0 Å². The molecule has 0 aromatic rings. The molecule has 0 saturated carbocycles. The van der Waals surface area contributed by atoms with Crippen molar-refractivity contribution in [2.45, 2.75) is 52.0 Å². The summed E-state index contributed by atoms with van der Waals surface area (Å²) in [6.07, 6.45) is 7.15. The lowest BCUT2D eigenvalue weighted by Crippen LogP contribution is -2.49. The molecule has 0 radical (unpaired) electrons. The van der Waals surface area contributed by atoms with Crippen LogP contribution >= 0.6 is 24.0 Å². The molecule has 0 aromatic heterocycles. The first-order valence-electron chi connectivity index (χ1n) is 9.20. The third-order valence-corrected chi connectivity index (χ3v) is 5.60. The molecule has 1 aliphatic rings. The molecule has 0 spiro atoms. The fourth-order valence-corrected chi connectivity index (χ4v) is 3.84. The van der Waals surface area contributed by atoms with Gasteiger partial charge in [0.2, 0.25) is 0 Å². The van der Waals surface area contributed by atoms with Crippen LogP contribution in [0.2, 0.25) is 0 Å². The number of nitrogens with one attached hydrogen (secondary N) is 2. The number of nitrogens with zero attached hydrogens (tertiary/aromatic N) is 2. The molecule has 1 heterocycles. The SMILES string of the molecule is CN=C(NCCCS(C)(=O)=O)NCC(C(C)C)N1CCCCCC1.I. The summed E-state index contributed by atoms with van der Waals surface area (Å²) in [7, 11) is -1.14. The average molecular weight is 488 g/mol. The van der Waals surface area contributed by atoms with Gasteiger partial charge in [0, 0.05) is 32.4 Å². The molecule has 1 atom stereocenters. The molecule has 1 fully saturated rings. The van der Waals surface area contributed by atoms with Crippen LogP contribution in [0.3, 0.4) is 0 Å². The van der Waals surface area contributed by atoms with Gasteiger partial charge in [0.05, 0.1) is 5.75 Å². The zero-order chi connectivity index (χ0) is 18.0. The van der Waals surface area contributed by atoms with Crippen molar-refractivity contribution >= 4 is 39.8 Å². The van der Waals surface area contributed by atoms with Gasteiger partial charge in [-0.25, -0.2) is 8.42 Å². The topological polar surface area (TPSA) is 73.8 Å². The Morgan fingerprint density at radius 2 is 1.72 bits per heavy atom. The molecule has 150 valence electrons. The molecule has 6 nitrogen and oxygen atoms in total. The molecule has 0 aromatic carbocycles. The van der Waals surface area contributed by atoms with Crippen molar-refractivity contribution in [1.82, 2.24) is 15.5 Å². The van der Waals surface area contributed by atoms with Crippen molar-refractivity contribution < 1.29 is 8.42 Å². The lowest BCUT2D eigenvalue weighted by molar-refractivity contribution is 0.161. The summed E-state index contributed by atoms with van der Waals surface area (Å²) in [6.45, 7) is 8.40. The molecule has 0 amide bonds. The minimum atomic E-state index is -2.89. The summed E-state index contributed by atoms with van der Waals surface area (Å²) in [5, 5.41) is 6.62. The number of guanidine groups is 1. The van der Waals surface area contributed by atoms with Crippen LogP contribution in [0.5, 0.6) is 0 Å². The Morgan fingerprint density at radius 3 is 2.20 bits per heavy atom. The van der Waals surface area contributed by atoms with Crippen molar-refractivity contribution in [1.29, 1.82) is 0 Å². The first-order chi connectivity index (χ1) is 11.3. The zero-order valence-electron chi connectivity index (χ0n) is 16.3. The third kappa shape index (κ3) is 11.3. The van der Waals surface area contributed by atoms with Gasteiger partial charge in [-0.3, -0.25) is 9.89 Å². The van der Waals surface area contributed by atoms with Gasteiger partial charge in [0.1, 0.15) is 9.84 Å². The van der Waals surface area contributed by atoms with Crippen molar-refractivity contribution in [2.24, 2.45) is 10.9 Å². The quantitative estimate of drug-likeness (QED) is 0.237. The highest BCUT2D eigenvalue weighted by atomic mass is 127. The maximum atomic E-state index is 11.2. The van der Waals surface area contributed by atoms with Crippen molar-refractivity contribution in [3.63, 3.8) is 0 Å². The molecule has 0 bridgehead atoms. The molecule has 8 heteroatoms. The highest BCUT2D eigenvalue weighted by Crippen LogP contribution is 2.16. The third-order valence-electron chi connectivity index (χ3n) is 4.57. The lowest BCUT2D eigenvalue weighted by atomic mass is 10.0. The van der Waals surface area contributed by atoms with Crippen LogP contribution in [0.25, 0.3) is 0 Å². The second-order valence-electron chi connectivity index (χ2n) is 7.12. The first-order valence-corrected chi connectivity index (χ1v) is 11.3. The normalized spacial score (nSPS) is 18.4. The van der Waals surface area contributed by atoms with E-state index in [1.165, 1.54) is 45.0 Å². The van der Waals surface area contributed by atoms with E-state index in [1.54, 1.807) is 7.05 Å². The summed E-state index contributed by atoms with van der Waals surface area (Å²) in [5.41, 5.74) is 0. The van der Waals surface area contributed by atoms with E-state index in [9.17, 15) is 8.42 Å². The number of hydrogen-bond donors (Lipinski definition) is 2. The minimum Gasteiger partial charge on any atom is -0.356 e. The summed E-state index contributed by atoms with van der Waals surface area (Å²) in [4.78, 5) is 6.86. The molecule has 1 aliphatic heterocycles. The van der Waals surface area contributed by atoms with Crippen LogP contribution in [-0.2, 0) is 9.84 Å². The van der Waals surface area contributed by atoms with Gasteiger partial charge in [0.25, 0.3) is 0 Å². The predicted molar refractivity (Wildman–Crippen MR) is 118 cm³/mol. The summed E-state index contributed by atoms with van der Waals surface area (Å²) in [5.74, 6) is 1.54. The number of likely N-dealkylation sites (tertiary alicyclic amines) is 1. The van der Waals surface area contributed by atoms with Crippen LogP contribution in [0.15, 0.2) is 4.99 Å². The Balaban J connectivity index is 0.00000576. The molecule has 1 unspecified atom stereocenters. The van der Waals surface area contributed by atoms with E-state index in [1.807, 2.05) is 0 Å². The highest BCUT2D eigenvalue weighted by Gasteiger charge is 2.22. The van der Waals surface area contributed by atoms with E-state index >= 15 is 0 Å². The van der Waals surface area contributed by atoms with E-state index in [0.29, 0.717) is 24.9 Å². The summed E-state index contributed by atoms with van der Waals surface area (Å²) in [6, 6.07) is 0.498. The molecule has 0 aliphatic carbocycles. The monoisotopic (exact) mass is 488 g/mol. The molecule has 2 N–H and O–H groups in total. The fraction of sp³-hybridized carbons (Fsp3) is 0.941. The Labute approximate surface area is 171 Å². The highest BCUT2D eigenvalue weighted by molar-refractivity contribution is 14.0. The number of rotatable bonds is 8. The van der Waals surface area contributed by atoms with Crippen molar-refractivity contribution in [2.75, 3.05) is 45.2 Å². The van der Waals surface area contributed by atoms with Crippen LogP contribution in [0.4, 0.5) is 0 Å². The fourth-order valence-electron chi connectivity index (χ4n) is 3.18. The minimum absolute atomic E-state index is 0. The van der Waals surface area contributed by atoms with Crippen LogP contribution in [0, 0.1) is 5.92 Å². The first kappa shape index (κ1) is 24.9. The van der Waals surface area contributed by atoms with E-state index < -0.39 is 9.84 Å². The maximum Gasteiger partial charge on any atom is 0.191 e. The Kier molecular flexibility index (Phi) is 13.1. The molecule has 1 saturated heterocycles. The van der Waals surface area contributed by atoms with E-state index in [0.717, 1.165) is 12.5 Å². The summed E-state index contributed by atoms with van der Waals surface area (Å²) >= 11 is 0. The van der Waals surface area contributed by atoms with E-state index in [-0.39, 0.29) is 29.7 Å². The van der Waals surface area contributed by atoms with Gasteiger partial charge < -0.3 is 10.6 Å². The van der Waals surface area contributed by atoms with Crippen molar-refractivity contribution in [3.8, 4) is 0 Å².